The highest BCUT2D eigenvalue weighted by Crippen LogP contribution is 2.36. The average molecular weight is 613 g/mol. The molecule has 1 aliphatic rings. The maximum absolute atomic E-state index is 13.9. The molecule has 1 heterocycles. The number of nitrogens with one attached hydrogen (secondary N) is 1. The molecule has 3 rings (SSSR count). The van der Waals surface area contributed by atoms with E-state index in [1.54, 1.807) is 25.1 Å². The van der Waals surface area contributed by atoms with E-state index in [1.165, 1.54) is 18.0 Å². The van der Waals surface area contributed by atoms with Crippen LogP contribution in [0.15, 0.2) is 36.4 Å². The van der Waals surface area contributed by atoms with Gasteiger partial charge < -0.3 is 9.80 Å². The molecule has 0 radical (unpaired) electrons. The summed E-state index contributed by atoms with van der Waals surface area (Å²) >= 11 is 12.4. The fraction of sp³-hybridized carbons (Fsp3) is 0.500. The number of amides is 1. The molecule has 1 N–H and O–H groups in total. The number of sulfonamides is 1. The molecule has 0 bridgehead atoms. The van der Waals surface area contributed by atoms with Crippen molar-refractivity contribution >= 4 is 39.1 Å². The Balaban J connectivity index is 1.80. The van der Waals surface area contributed by atoms with Crippen molar-refractivity contribution in [2.24, 2.45) is 0 Å². The molecule has 1 saturated heterocycles. The molecule has 2 aromatic carbocycles. The first-order valence-corrected chi connectivity index (χ1v) is 14.9. The second kappa shape index (κ2) is 12.3. The van der Waals surface area contributed by atoms with Crippen LogP contribution in [0.25, 0.3) is 0 Å². The van der Waals surface area contributed by atoms with Crippen molar-refractivity contribution in [3.8, 4) is 0 Å². The Hall–Kier alpha value is -1.92. The smallest absolute Gasteiger partial charge is 0.341 e. The molecule has 1 atom stereocenters. The van der Waals surface area contributed by atoms with Crippen molar-refractivity contribution in [1.82, 2.24) is 14.5 Å². The molecule has 1 aliphatic heterocycles. The van der Waals surface area contributed by atoms with Gasteiger partial charge in [-0.25, -0.2) is 17.5 Å². The van der Waals surface area contributed by atoms with Gasteiger partial charge >= 0.3 is 6.18 Å². The van der Waals surface area contributed by atoms with Gasteiger partial charge in [0.15, 0.2) is 0 Å². The van der Waals surface area contributed by atoms with Crippen LogP contribution in [0.1, 0.15) is 42.9 Å². The lowest BCUT2D eigenvalue weighted by Gasteiger charge is -2.37. The summed E-state index contributed by atoms with van der Waals surface area (Å²) in [5.74, 6) is -1.73. The van der Waals surface area contributed by atoms with Crippen molar-refractivity contribution in [3.05, 3.63) is 69.0 Å². The van der Waals surface area contributed by atoms with Gasteiger partial charge in [0.05, 0.1) is 27.3 Å². The molecule has 1 fully saturated rings. The number of alkyl halides is 3. The Bertz CT molecular complexity index is 1300. The lowest BCUT2D eigenvalue weighted by Crippen LogP contribution is -2.48. The van der Waals surface area contributed by atoms with Crippen LogP contribution in [0, 0.1) is 5.82 Å². The lowest BCUT2D eigenvalue weighted by molar-refractivity contribution is -0.140. The zero-order valence-corrected chi connectivity index (χ0v) is 24.1. The van der Waals surface area contributed by atoms with Crippen LogP contribution in [0.2, 0.25) is 10.0 Å². The second-order valence-corrected chi connectivity index (χ2v) is 12.8. The maximum Gasteiger partial charge on any atom is 0.419 e. The van der Waals surface area contributed by atoms with Crippen LogP contribution in [0.3, 0.4) is 0 Å². The van der Waals surface area contributed by atoms with E-state index in [0.29, 0.717) is 55.5 Å². The SMILES string of the molecule is CN(Cc1ccc(F)c(C(F)(F)F)c1)C(=O)C(C)(CCN1CCC(NS(C)(=O)=O)CC1)c1ccc(Cl)c(Cl)c1. The molecule has 0 spiro atoms. The number of halogens is 6. The zero-order chi connectivity index (χ0) is 29.2. The molecular weight excluding hydrogens is 581 g/mol. The largest absolute Gasteiger partial charge is 0.419 e. The summed E-state index contributed by atoms with van der Waals surface area (Å²) in [4.78, 5) is 17.3. The summed E-state index contributed by atoms with van der Waals surface area (Å²) in [5, 5.41) is 0.576. The van der Waals surface area contributed by atoms with Crippen LogP contribution in [0.5, 0.6) is 0 Å². The second-order valence-electron chi connectivity index (χ2n) is 10.2. The number of hydrogen-bond donors (Lipinski definition) is 1. The Morgan fingerprint density at radius 1 is 1.10 bits per heavy atom. The number of carbonyl (C=O) groups excluding carboxylic acids is 1. The van der Waals surface area contributed by atoms with E-state index in [0.717, 1.165) is 12.3 Å². The Labute approximate surface area is 236 Å². The summed E-state index contributed by atoms with van der Waals surface area (Å²) in [7, 11) is -1.82. The number of rotatable bonds is 9. The van der Waals surface area contributed by atoms with Gasteiger partial charge in [0.2, 0.25) is 15.9 Å². The lowest BCUT2D eigenvalue weighted by atomic mass is 9.77. The van der Waals surface area contributed by atoms with E-state index in [-0.39, 0.29) is 29.1 Å². The maximum atomic E-state index is 13.9. The minimum absolute atomic E-state index is 0.136. The summed E-state index contributed by atoms with van der Waals surface area (Å²) in [6.45, 7) is 3.35. The van der Waals surface area contributed by atoms with Gasteiger partial charge in [0.1, 0.15) is 5.82 Å². The highest BCUT2D eigenvalue weighted by Gasteiger charge is 2.39. The van der Waals surface area contributed by atoms with Crippen molar-refractivity contribution in [3.63, 3.8) is 0 Å². The Morgan fingerprint density at radius 3 is 2.31 bits per heavy atom. The third kappa shape index (κ3) is 8.29. The number of likely N-dealkylation sites (N-methyl/N-ethyl adjacent to an activating group) is 1. The predicted octanol–water partition coefficient (Wildman–Crippen LogP) is 5.47. The monoisotopic (exact) mass is 611 g/mol. The highest BCUT2D eigenvalue weighted by molar-refractivity contribution is 7.88. The molecule has 39 heavy (non-hydrogen) atoms. The molecule has 1 amide bonds. The summed E-state index contributed by atoms with van der Waals surface area (Å²) in [5.41, 5.74) is -1.77. The van der Waals surface area contributed by atoms with E-state index < -0.39 is 33.0 Å². The molecule has 6 nitrogen and oxygen atoms in total. The van der Waals surface area contributed by atoms with Gasteiger partial charge in [0, 0.05) is 19.6 Å². The number of carbonyl (C=O) groups is 1. The number of likely N-dealkylation sites (tertiary alicyclic amines) is 1. The van der Waals surface area contributed by atoms with E-state index in [1.807, 2.05) is 0 Å². The van der Waals surface area contributed by atoms with Crippen molar-refractivity contribution in [2.45, 2.75) is 50.4 Å². The molecule has 1 unspecified atom stereocenters. The number of piperidine rings is 1. The van der Waals surface area contributed by atoms with Crippen LogP contribution >= 0.6 is 23.2 Å². The van der Waals surface area contributed by atoms with Gasteiger partial charge in [-0.15, -0.1) is 0 Å². The summed E-state index contributed by atoms with van der Waals surface area (Å²) in [6.07, 6.45) is -2.13. The molecule has 0 saturated carbocycles. The van der Waals surface area contributed by atoms with E-state index in [4.69, 9.17) is 23.2 Å². The van der Waals surface area contributed by atoms with Gasteiger partial charge in [0.25, 0.3) is 0 Å². The summed E-state index contributed by atoms with van der Waals surface area (Å²) in [6, 6.07) is 7.42. The van der Waals surface area contributed by atoms with Crippen molar-refractivity contribution < 1.29 is 30.8 Å². The van der Waals surface area contributed by atoms with Gasteiger partial charge in [-0.05, 0) is 81.2 Å². The Morgan fingerprint density at radius 2 is 1.74 bits per heavy atom. The predicted molar refractivity (Wildman–Crippen MR) is 144 cm³/mol. The van der Waals surface area contributed by atoms with Crippen LogP contribution < -0.4 is 4.72 Å². The minimum atomic E-state index is -4.86. The third-order valence-electron chi connectivity index (χ3n) is 7.03. The third-order valence-corrected chi connectivity index (χ3v) is 8.53. The quantitative estimate of drug-likeness (QED) is 0.382. The summed E-state index contributed by atoms with van der Waals surface area (Å²) < 4.78 is 79.1. The number of benzene rings is 2. The minimum Gasteiger partial charge on any atom is -0.341 e. The fourth-order valence-corrected chi connectivity index (χ4v) is 5.97. The molecule has 0 aliphatic carbocycles. The molecule has 216 valence electrons. The van der Waals surface area contributed by atoms with Crippen LogP contribution in [0.4, 0.5) is 17.6 Å². The van der Waals surface area contributed by atoms with E-state index >= 15 is 0 Å². The standard InChI is InChI=1S/C26H31Cl2F4N3O3S/c1-25(18-5-6-21(27)22(28)15-18,10-13-35-11-8-19(9-12-35)33-39(3,37)38)24(36)34(2)16-17-4-7-23(29)20(14-17)26(30,31)32/h4-7,14-15,19,33H,8-13,16H2,1-3H3. The molecule has 13 heteroatoms. The first-order valence-electron chi connectivity index (χ1n) is 12.3. The topological polar surface area (TPSA) is 69.7 Å². The van der Waals surface area contributed by atoms with Crippen LogP contribution in [-0.4, -0.2) is 63.1 Å². The highest BCUT2D eigenvalue weighted by atomic mass is 35.5. The first kappa shape index (κ1) is 31.6. The van der Waals surface area contributed by atoms with Gasteiger partial charge in [-0.3, -0.25) is 4.79 Å². The number of nitrogens with zero attached hydrogens (tertiary/aromatic N) is 2. The average Bonchev–Trinajstić information content (AvgIpc) is 2.84. The first-order chi connectivity index (χ1) is 18.0. The van der Waals surface area contributed by atoms with Crippen molar-refractivity contribution in [1.29, 1.82) is 0 Å². The number of hydrogen-bond acceptors (Lipinski definition) is 4. The van der Waals surface area contributed by atoms with Gasteiger partial charge in [-0.1, -0.05) is 35.3 Å². The normalized spacial score (nSPS) is 17.2. The molecular formula is C26H31Cl2F4N3O3S. The van der Waals surface area contributed by atoms with E-state index in [2.05, 4.69) is 9.62 Å². The molecule has 2 aromatic rings. The molecule has 0 aromatic heterocycles. The fourth-order valence-electron chi connectivity index (χ4n) is 4.83. The van der Waals surface area contributed by atoms with E-state index in [9.17, 15) is 30.8 Å². The Kier molecular flexibility index (Phi) is 9.97. The van der Waals surface area contributed by atoms with Gasteiger partial charge in [-0.2, -0.15) is 13.2 Å². The zero-order valence-electron chi connectivity index (χ0n) is 21.8. The van der Waals surface area contributed by atoms with Crippen LogP contribution in [-0.2, 0) is 33.0 Å². The van der Waals surface area contributed by atoms with Crippen molar-refractivity contribution in [2.75, 3.05) is 32.9 Å².